The third-order valence-electron chi connectivity index (χ3n) is 4.94. The van der Waals surface area contributed by atoms with Gasteiger partial charge in [0.1, 0.15) is 0 Å². The zero-order chi connectivity index (χ0) is 26.3. The minimum absolute atomic E-state index is 0.219. The van der Waals surface area contributed by atoms with Gasteiger partial charge >= 0.3 is 24.3 Å². The largest absolute Gasteiger partial charge is 0.490 e. The zero-order valence-corrected chi connectivity index (χ0v) is 19.1. The number of amides is 1. The van der Waals surface area contributed by atoms with Crippen molar-refractivity contribution >= 4 is 29.2 Å². The molecule has 2 aliphatic heterocycles. The lowest BCUT2D eigenvalue weighted by Crippen LogP contribution is -2.57. The number of carbonyl (C=O) groups excluding carboxylic acids is 1. The average molecular weight is 521 g/mol. The van der Waals surface area contributed by atoms with Crippen molar-refractivity contribution in [2.75, 3.05) is 46.8 Å². The molecular formula is C19H25F6N3O5S. The van der Waals surface area contributed by atoms with Gasteiger partial charge in [0.2, 0.25) is 5.91 Å². The first-order valence-electron chi connectivity index (χ1n) is 9.73. The molecule has 0 atom stereocenters. The van der Waals surface area contributed by atoms with E-state index in [9.17, 15) is 31.1 Å². The van der Waals surface area contributed by atoms with Gasteiger partial charge in [0.15, 0.2) is 0 Å². The molecule has 0 radical (unpaired) electrons. The highest BCUT2D eigenvalue weighted by molar-refractivity contribution is 7.09. The topological polar surface area (TPSA) is 101 Å². The fraction of sp³-hybridized carbons (Fsp3) is 0.632. The summed E-state index contributed by atoms with van der Waals surface area (Å²) in [4.78, 5) is 37.6. The van der Waals surface area contributed by atoms with Gasteiger partial charge in [-0.05, 0) is 24.4 Å². The molecule has 194 valence electrons. The SMILES string of the molecule is CN(C)C(=O)CN1CCC2(C1)CN(Cc1cccs1)C2.O=C(O)C(F)(F)F.O=C(O)C(F)(F)F. The highest BCUT2D eigenvalue weighted by atomic mass is 32.1. The second kappa shape index (κ2) is 11.8. The Kier molecular flexibility index (Phi) is 10.3. The lowest BCUT2D eigenvalue weighted by atomic mass is 9.79. The molecule has 34 heavy (non-hydrogen) atoms. The third-order valence-corrected chi connectivity index (χ3v) is 5.80. The monoisotopic (exact) mass is 521 g/mol. The molecular weight excluding hydrogens is 496 g/mol. The van der Waals surface area contributed by atoms with Crippen LogP contribution in [0, 0.1) is 5.41 Å². The van der Waals surface area contributed by atoms with Gasteiger partial charge in [0.05, 0.1) is 6.54 Å². The molecule has 0 saturated carbocycles. The molecule has 0 aromatic carbocycles. The summed E-state index contributed by atoms with van der Waals surface area (Å²) in [6.45, 7) is 6.23. The molecule has 3 heterocycles. The Labute approximate surface area is 195 Å². The molecule has 2 aliphatic rings. The number of hydrogen-bond donors (Lipinski definition) is 2. The van der Waals surface area contributed by atoms with Gasteiger partial charge in [-0.25, -0.2) is 9.59 Å². The number of aliphatic carboxylic acids is 2. The normalized spacial score (nSPS) is 17.6. The molecule has 1 spiro atoms. The molecule has 2 fully saturated rings. The van der Waals surface area contributed by atoms with Crippen LogP contribution in [0.15, 0.2) is 17.5 Å². The molecule has 0 bridgehead atoms. The maximum absolute atomic E-state index is 11.8. The van der Waals surface area contributed by atoms with E-state index in [0.29, 0.717) is 12.0 Å². The smallest absolute Gasteiger partial charge is 0.475 e. The summed E-state index contributed by atoms with van der Waals surface area (Å²) >= 11 is 1.84. The third kappa shape index (κ3) is 9.85. The first-order valence-corrected chi connectivity index (χ1v) is 10.6. The van der Waals surface area contributed by atoms with Crippen molar-refractivity contribution < 1.29 is 50.9 Å². The maximum atomic E-state index is 11.8. The lowest BCUT2D eigenvalue weighted by Gasteiger charge is -2.48. The highest BCUT2D eigenvalue weighted by Gasteiger charge is 2.47. The van der Waals surface area contributed by atoms with Crippen molar-refractivity contribution in [1.82, 2.24) is 14.7 Å². The second-order valence-corrected chi connectivity index (χ2v) is 9.11. The number of carboxylic acids is 2. The number of nitrogens with zero attached hydrogens (tertiary/aromatic N) is 3. The Morgan fingerprint density at radius 2 is 1.47 bits per heavy atom. The van der Waals surface area contributed by atoms with Crippen molar-refractivity contribution in [1.29, 1.82) is 0 Å². The van der Waals surface area contributed by atoms with Gasteiger partial charge in [-0.1, -0.05) is 6.07 Å². The number of carbonyl (C=O) groups is 3. The highest BCUT2D eigenvalue weighted by Crippen LogP contribution is 2.40. The van der Waals surface area contributed by atoms with Gasteiger partial charge < -0.3 is 15.1 Å². The van der Waals surface area contributed by atoms with Gasteiger partial charge in [-0.3, -0.25) is 14.6 Å². The van der Waals surface area contributed by atoms with E-state index >= 15 is 0 Å². The summed E-state index contributed by atoms with van der Waals surface area (Å²) < 4.78 is 63.5. The van der Waals surface area contributed by atoms with Crippen molar-refractivity contribution in [3.63, 3.8) is 0 Å². The summed E-state index contributed by atoms with van der Waals surface area (Å²) in [7, 11) is 3.67. The van der Waals surface area contributed by atoms with Gasteiger partial charge in [0.25, 0.3) is 0 Å². The van der Waals surface area contributed by atoms with Crippen LogP contribution in [0.4, 0.5) is 26.3 Å². The Balaban J connectivity index is 0.000000343. The fourth-order valence-electron chi connectivity index (χ4n) is 3.39. The summed E-state index contributed by atoms with van der Waals surface area (Å²) in [5, 5.41) is 16.4. The van der Waals surface area contributed by atoms with E-state index in [0.717, 1.165) is 19.6 Å². The van der Waals surface area contributed by atoms with Crippen LogP contribution in [0.1, 0.15) is 11.3 Å². The summed E-state index contributed by atoms with van der Waals surface area (Å²) in [5.74, 6) is -5.29. The number of rotatable bonds is 4. The first kappa shape index (κ1) is 29.6. The van der Waals surface area contributed by atoms with Crippen LogP contribution in [0.3, 0.4) is 0 Å². The maximum Gasteiger partial charge on any atom is 0.490 e. The van der Waals surface area contributed by atoms with Gasteiger partial charge in [-0.15, -0.1) is 11.3 Å². The first-order chi connectivity index (χ1) is 15.4. The molecule has 0 unspecified atom stereocenters. The van der Waals surface area contributed by atoms with Crippen molar-refractivity contribution in [2.45, 2.75) is 25.3 Å². The van der Waals surface area contributed by atoms with Crippen molar-refractivity contribution in [3.05, 3.63) is 22.4 Å². The van der Waals surface area contributed by atoms with Crippen LogP contribution < -0.4 is 0 Å². The van der Waals surface area contributed by atoms with Crippen LogP contribution in [-0.4, -0.2) is 102 Å². The van der Waals surface area contributed by atoms with Crippen LogP contribution in [0.2, 0.25) is 0 Å². The minimum atomic E-state index is -5.08. The molecule has 1 aromatic rings. The van der Waals surface area contributed by atoms with Gasteiger partial charge in [-0.2, -0.15) is 26.3 Å². The number of likely N-dealkylation sites (tertiary alicyclic amines) is 2. The van der Waals surface area contributed by atoms with E-state index in [1.165, 1.54) is 24.4 Å². The number of alkyl halides is 6. The fourth-order valence-corrected chi connectivity index (χ4v) is 4.14. The van der Waals surface area contributed by atoms with Crippen LogP contribution in [0.5, 0.6) is 0 Å². The van der Waals surface area contributed by atoms with E-state index in [-0.39, 0.29) is 5.91 Å². The Bertz CT molecular complexity index is 799. The molecule has 1 amide bonds. The number of halogens is 6. The van der Waals surface area contributed by atoms with E-state index in [2.05, 4.69) is 27.3 Å². The van der Waals surface area contributed by atoms with Crippen LogP contribution in [0.25, 0.3) is 0 Å². The average Bonchev–Trinajstić information content (AvgIpc) is 3.31. The number of likely N-dealkylation sites (N-methyl/N-ethyl adjacent to an activating group) is 1. The molecule has 2 saturated heterocycles. The predicted octanol–water partition coefficient (Wildman–Crippen LogP) is 2.61. The molecule has 2 N–H and O–H groups in total. The Morgan fingerprint density at radius 3 is 1.85 bits per heavy atom. The summed E-state index contributed by atoms with van der Waals surface area (Å²) in [6.07, 6.45) is -8.92. The molecule has 0 aliphatic carbocycles. The standard InChI is InChI=1S/C15H23N3OS.2C2HF3O2/c1-16(2)14(19)9-17-6-5-15(10-17)11-18(12-15)8-13-4-3-7-20-13;2*3-2(4,5)1(6)7/h3-4,7H,5-6,8-12H2,1-2H3;2*(H,6,7). The van der Waals surface area contributed by atoms with Crippen LogP contribution >= 0.6 is 11.3 Å². The summed E-state index contributed by atoms with van der Waals surface area (Å²) in [6, 6.07) is 4.34. The minimum Gasteiger partial charge on any atom is -0.475 e. The molecule has 8 nitrogen and oxygen atoms in total. The number of carboxylic acid groups (broad SMARTS) is 2. The van der Waals surface area contributed by atoms with Crippen LogP contribution in [-0.2, 0) is 20.9 Å². The Morgan fingerprint density at radius 1 is 1.00 bits per heavy atom. The van der Waals surface area contributed by atoms with Gasteiger partial charge in [0, 0.05) is 50.6 Å². The van der Waals surface area contributed by atoms with E-state index in [1.54, 1.807) is 4.90 Å². The number of thiophene rings is 1. The molecule has 3 rings (SSSR count). The van der Waals surface area contributed by atoms with Crippen molar-refractivity contribution in [3.8, 4) is 0 Å². The molecule has 15 heteroatoms. The lowest BCUT2D eigenvalue weighted by molar-refractivity contribution is -0.193. The number of hydrogen-bond acceptors (Lipinski definition) is 6. The van der Waals surface area contributed by atoms with Crippen molar-refractivity contribution in [2.24, 2.45) is 5.41 Å². The quantitative estimate of drug-likeness (QED) is 0.588. The zero-order valence-electron chi connectivity index (χ0n) is 18.3. The second-order valence-electron chi connectivity index (χ2n) is 8.08. The predicted molar refractivity (Wildman–Crippen MR) is 109 cm³/mol. The van der Waals surface area contributed by atoms with E-state index in [1.807, 2.05) is 25.4 Å². The Hall–Kier alpha value is -2.39. The van der Waals surface area contributed by atoms with E-state index in [4.69, 9.17) is 19.8 Å². The summed E-state index contributed by atoms with van der Waals surface area (Å²) in [5.41, 5.74) is 0.462. The molecule has 1 aromatic heterocycles. The van der Waals surface area contributed by atoms with E-state index < -0.39 is 24.3 Å².